The van der Waals surface area contributed by atoms with E-state index in [0.717, 1.165) is 6.42 Å². The number of benzene rings is 1. The van der Waals surface area contributed by atoms with Gasteiger partial charge in [-0.25, -0.2) is 0 Å². The Morgan fingerprint density at radius 2 is 1.76 bits per heavy atom. The van der Waals surface area contributed by atoms with Crippen LogP contribution >= 0.6 is 0 Å². The second kappa shape index (κ2) is 3.68. The molecule has 17 heavy (non-hydrogen) atoms. The summed E-state index contributed by atoms with van der Waals surface area (Å²) in [4.78, 5) is -0.0278. The van der Waals surface area contributed by atoms with Crippen molar-refractivity contribution in [2.45, 2.75) is 23.7 Å². The highest BCUT2D eigenvalue weighted by molar-refractivity contribution is 7.85. The van der Waals surface area contributed by atoms with Crippen LogP contribution < -0.4 is 0 Å². The maximum Gasteiger partial charge on any atom is 0.294 e. The van der Waals surface area contributed by atoms with Crippen molar-refractivity contribution in [3.8, 4) is 0 Å². The molecule has 90 valence electrons. The fourth-order valence-electron chi connectivity index (χ4n) is 3.05. The molecule has 3 atom stereocenters. The first kappa shape index (κ1) is 11.0. The predicted octanol–water partition coefficient (Wildman–Crippen LogP) is 2.61. The van der Waals surface area contributed by atoms with Gasteiger partial charge in [-0.1, -0.05) is 24.3 Å². The molecule has 0 saturated heterocycles. The van der Waals surface area contributed by atoms with Crippen molar-refractivity contribution in [3.05, 3.63) is 42.0 Å². The summed E-state index contributed by atoms with van der Waals surface area (Å²) in [5.41, 5.74) is 1.18. The molecule has 1 fully saturated rings. The van der Waals surface area contributed by atoms with Crippen molar-refractivity contribution in [3.63, 3.8) is 0 Å². The Balaban J connectivity index is 1.89. The van der Waals surface area contributed by atoms with E-state index in [-0.39, 0.29) is 4.90 Å². The van der Waals surface area contributed by atoms with E-state index in [4.69, 9.17) is 4.55 Å². The van der Waals surface area contributed by atoms with Gasteiger partial charge in [0, 0.05) is 0 Å². The van der Waals surface area contributed by atoms with Gasteiger partial charge in [-0.05, 0) is 48.3 Å². The van der Waals surface area contributed by atoms with Gasteiger partial charge in [-0.3, -0.25) is 4.55 Å². The van der Waals surface area contributed by atoms with Gasteiger partial charge >= 0.3 is 0 Å². The van der Waals surface area contributed by atoms with Gasteiger partial charge in [0.05, 0.1) is 4.90 Å². The molecule has 4 heteroatoms. The number of fused-ring (bicyclic) bond motifs is 2. The molecule has 3 unspecified atom stereocenters. The van der Waals surface area contributed by atoms with Crippen LogP contribution in [0.15, 0.2) is 41.3 Å². The zero-order chi connectivity index (χ0) is 12.0. The van der Waals surface area contributed by atoms with Crippen molar-refractivity contribution < 1.29 is 13.0 Å². The summed E-state index contributed by atoms with van der Waals surface area (Å²) < 4.78 is 30.8. The van der Waals surface area contributed by atoms with E-state index in [2.05, 4.69) is 12.2 Å². The van der Waals surface area contributed by atoms with E-state index in [9.17, 15) is 8.42 Å². The minimum Gasteiger partial charge on any atom is -0.282 e. The summed E-state index contributed by atoms with van der Waals surface area (Å²) in [6.07, 6.45) is 6.94. The fraction of sp³-hybridized carbons (Fsp3) is 0.385. The highest BCUT2D eigenvalue weighted by atomic mass is 32.2. The molecule has 0 aromatic heterocycles. The predicted molar refractivity (Wildman–Crippen MR) is 64.4 cm³/mol. The van der Waals surface area contributed by atoms with Crippen LogP contribution in [0.3, 0.4) is 0 Å². The Bertz CT molecular complexity index is 557. The highest BCUT2D eigenvalue weighted by Crippen LogP contribution is 2.48. The monoisotopic (exact) mass is 250 g/mol. The number of hydrogen-bond donors (Lipinski definition) is 1. The van der Waals surface area contributed by atoms with E-state index in [1.165, 1.54) is 24.1 Å². The number of hydrogen-bond acceptors (Lipinski definition) is 2. The third-order valence-electron chi connectivity index (χ3n) is 3.89. The lowest BCUT2D eigenvalue weighted by Crippen LogP contribution is -2.05. The van der Waals surface area contributed by atoms with Crippen LogP contribution in [0.1, 0.15) is 24.3 Å². The van der Waals surface area contributed by atoms with Crippen LogP contribution in [0.5, 0.6) is 0 Å². The van der Waals surface area contributed by atoms with E-state index in [1.54, 1.807) is 0 Å². The standard InChI is InChI=1S/C13H14O3S/c14-17(15,16)12-5-3-10(4-6-12)13-8-9-1-2-11(13)7-9/h1-6,9,11,13H,7-8H2,(H,14,15,16). The molecule has 0 heterocycles. The van der Waals surface area contributed by atoms with Crippen LogP contribution in [-0.4, -0.2) is 13.0 Å². The Kier molecular flexibility index (Phi) is 2.38. The van der Waals surface area contributed by atoms with Crippen molar-refractivity contribution in [2.24, 2.45) is 11.8 Å². The van der Waals surface area contributed by atoms with Crippen molar-refractivity contribution in [1.29, 1.82) is 0 Å². The normalized spacial score (nSPS) is 31.0. The third-order valence-corrected chi connectivity index (χ3v) is 4.75. The minimum atomic E-state index is -4.07. The van der Waals surface area contributed by atoms with Crippen LogP contribution in [0.25, 0.3) is 0 Å². The average molecular weight is 250 g/mol. The van der Waals surface area contributed by atoms with E-state index < -0.39 is 10.1 Å². The van der Waals surface area contributed by atoms with Crippen LogP contribution in [-0.2, 0) is 10.1 Å². The van der Waals surface area contributed by atoms with Crippen LogP contribution in [0.4, 0.5) is 0 Å². The largest absolute Gasteiger partial charge is 0.294 e. The summed E-state index contributed by atoms with van der Waals surface area (Å²) in [6.45, 7) is 0. The molecule has 1 aromatic rings. The van der Waals surface area contributed by atoms with E-state index in [1.807, 2.05) is 12.1 Å². The topological polar surface area (TPSA) is 54.4 Å². The summed E-state index contributed by atoms with van der Waals surface area (Å²) in [6, 6.07) is 6.62. The molecule has 2 aliphatic carbocycles. The maximum atomic E-state index is 10.9. The maximum absolute atomic E-state index is 10.9. The van der Waals surface area contributed by atoms with Gasteiger partial charge in [-0.2, -0.15) is 8.42 Å². The lowest BCUT2D eigenvalue weighted by Gasteiger charge is -2.18. The van der Waals surface area contributed by atoms with Gasteiger partial charge < -0.3 is 0 Å². The first-order valence-electron chi connectivity index (χ1n) is 5.80. The lowest BCUT2D eigenvalue weighted by molar-refractivity contribution is 0.483. The Hall–Kier alpha value is -1.13. The van der Waals surface area contributed by atoms with Gasteiger partial charge in [-0.15, -0.1) is 0 Å². The minimum absolute atomic E-state index is 0.0278. The van der Waals surface area contributed by atoms with Crippen LogP contribution in [0.2, 0.25) is 0 Å². The quantitative estimate of drug-likeness (QED) is 0.648. The molecule has 1 aromatic carbocycles. The molecular weight excluding hydrogens is 236 g/mol. The Morgan fingerprint density at radius 1 is 1.06 bits per heavy atom. The zero-order valence-corrected chi connectivity index (χ0v) is 10.1. The molecule has 2 aliphatic rings. The lowest BCUT2D eigenvalue weighted by atomic mass is 9.87. The van der Waals surface area contributed by atoms with Crippen molar-refractivity contribution in [1.82, 2.24) is 0 Å². The Morgan fingerprint density at radius 3 is 2.24 bits per heavy atom. The molecule has 0 spiro atoms. The highest BCUT2D eigenvalue weighted by Gasteiger charge is 2.36. The smallest absolute Gasteiger partial charge is 0.282 e. The SMILES string of the molecule is O=S(=O)(O)c1ccc(C2CC3C=CC2C3)cc1. The molecule has 1 saturated carbocycles. The third kappa shape index (κ3) is 1.91. The van der Waals surface area contributed by atoms with Gasteiger partial charge in [0.25, 0.3) is 10.1 Å². The molecular formula is C13H14O3S. The molecule has 0 amide bonds. The summed E-state index contributed by atoms with van der Waals surface area (Å²) in [5, 5.41) is 0. The fourth-order valence-corrected chi connectivity index (χ4v) is 3.53. The first-order valence-corrected chi connectivity index (χ1v) is 7.24. The second-order valence-corrected chi connectivity index (χ2v) is 6.35. The van der Waals surface area contributed by atoms with Crippen molar-refractivity contribution in [2.75, 3.05) is 0 Å². The molecule has 3 rings (SSSR count). The van der Waals surface area contributed by atoms with Gasteiger partial charge in [0.1, 0.15) is 0 Å². The number of rotatable bonds is 2. The van der Waals surface area contributed by atoms with Crippen molar-refractivity contribution >= 4 is 10.1 Å². The van der Waals surface area contributed by atoms with E-state index >= 15 is 0 Å². The summed E-state index contributed by atoms with van der Waals surface area (Å²) >= 11 is 0. The summed E-state index contributed by atoms with van der Waals surface area (Å²) in [5.74, 6) is 1.82. The van der Waals surface area contributed by atoms with E-state index in [0.29, 0.717) is 17.8 Å². The molecule has 0 radical (unpaired) electrons. The average Bonchev–Trinajstić information content (AvgIpc) is 2.89. The van der Waals surface area contributed by atoms with Crippen LogP contribution in [0, 0.1) is 11.8 Å². The molecule has 1 N–H and O–H groups in total. The molecule has 3 nitrogen and oxygen atoms in total. The first-order chi connectivity index (χ1) is 8.04. The Labute approximate surface area is 101 Å². The molecule has 2 bridgehead atoms. The van der Waals surface area contributed by atoms with Gasteiger partial charge in [0.2, 0.25) is 0 Å². The summed E-state index contributed by atoms with van der Waals surface area (Å²) in [7, 11) is -4.07. The van der Waals surface area contributed by atoms with Gasteiger partial charge in [0.15, 0.2) is 0 Å². The second-order valence-electron chi connectivity index (χ2n) is 4.93. The number of allylic oxidation sites excluding steroid dienone is 2. The zero-order valence-electron chi connectivity index (χ0n) is 9.28. The molecule has 0 aliphatic heterocycles.